The van der Waals surface area contributed by atoms with Crippen LogP contribution in [0.2, 0.25) is 0 Å². The van der Waals surface area contributed by atoms with Crippen LogP contribution in [0.3, 0.4) is 0 Å². The Bertz CT molecular complexity index is 806. The van der Waals surface area contributed by atoms with E-state index in [-0.39, 0.29) is 11.8 Å². The van der Waals surface area contributed by atoms with Gasteiger partial charge in [0.05, 0.1) is 23.1 Å². The van der Waals surface area contributed by atoms with Crippen LogP contribution in [0.1, 0.15) is 68.9 Å². The maximum absolute atomic E-state index is 12.3. The van der Waals surface area contributed by atoms with E-state index in [1.807, 2.05) is 31.2 Å². The highest BCUT2D eigenvalue weighted by Gasteiger charge is 2.40. The zero-order valence-electron chi connectivity index (χ0n) is 17.9. The van der Waals surface area contributed by atoms with Crippen molar-refractivity contribution in [3.63, 3.8) is 0 Å². The molecule has 1 saturated carbocycles. The van der Waals surface area contributed by atoms with Gasteiger partial charge in [-0.1, -0.05) is 43.9 Å². The molecule has 6 heteroatoms. The second-order valence-corrected chi connectivity index (χ2v) is 9.92. The third-order valence-electron chi connectivity index (χ3n) is 6.53. The molecular formula is C24H34N4OS. The summed E-state index contributed by atoms with van der Waals surface area (Å²) < 4.78 is 0. The van der Waals surface area contributed by atoms with Crippen LogP contribution < -0.4 is 16.8 Å². The molecule has 1 aromatic carbocycles. The van der Waals surface area contributed by atoms with Crippen LogP contribution in [-0.4, -0.2) is 29.8 Å². The van der Waals surface area contributed by atoms with Crippen molar-refractivity contribution in [1.82, 2.24) is 5.32 Å². The molecule has 2 aliphatic rings. The number of primary amides is 1. The molecule has 0 radical (unpaired) electrons. The summed E-state index contributed by atoms with van der Waals surface area (Å²) >= 11 is 1.70. The molecule has 0 bridgehead atoms. The summed E-state index contributed by atoms with van der Waals surface area (Å²) in [6, 6.07) is 10.4. The molecular weight excluding hydrogens is 392 g/mol. The van der Waals surface area contributed by atoms with Crippen LogP contribution >= 0.6 is 11.8 Å². The Balaban J connectivity index is 1.66. The molecule has 5 nitrogen and oxygen atoms in total. The molecule has 5 N–H and O–H groups in total. The number of amides is 1. The van der Waals surface area contributed by atoms with Crippen molar-refractivity contribution >= 4 is 17.7 Å². The lowest BCUT2D eigenvalue weighted by atomic mass is 9.81. The number of nitrogens with two attached hydrogens (primary N) is 2. The minimum absolute atomic E-state index is 0.193. The molecule has 30 heavy (non-hydrogen) atoms. The Labute approximate surface area is 184 Å². The molecule has 3 rings (SSSR count). The minimum Gasteiger partial charge on any atom is -0.369 e. The fourth-order valence-electron chi connectivity index (χ4n) is 4.65. The smallest absolute Gasteiger partial charge is 0.222 e. The first-order valence-corrected chi connectivity index (χ1v) is 12.1. The average molecular weight is 427 g/mol. The van der Waals surface area contributed by atoms with Crippen molar-refractivity contribution < 1.29 is 4.79 Å². The highest BCUT2D eigenvalue weighted by Crippen LogP contribution is 2.43. The molecule has 0 spiro atoms. The topological polar surface area (TPSA) is 105 Å². The number of carbonyl (C=O) groups excluding carboxylic acids is 1. The van der Waals surface area contributed by atoms with E-state index >= 15 is 0 Å². The maximum Gasteiger partial charge on any atom is 0.222 e. The molecule has 1 unspecified atom stereocenters. The summed E-state index contributed by atoms with van der Waals surface area (Å²) in [5, 5.41) is 12.8. The molecule has 1 heterocycles. The Morgan fingerprint density at radius 3 is 2.73 bits per heavy atom. The summed E-state index contributed by atoms with van der Waals surface area (Å²) in [7, 11) is 0. The summed E-state index contributed by atoms with van der Waals surface area (Å²) in [5.41, 5.74) is 13.5. The zero-order chi connectivity index (χ0) is 21.6. The van der Waals surface area contributed by atoms with Crippen molar-refractivity contribution in [2.75, 3.05) is 12.3 Å². The van der Waals surface area contributed by atoms with Gasteiger partial charge in [-0.15, -0.1) is 11.8 Å². The lowest BCUT2D eigenvalue weighted by Gasteiger charge is -2.33. The fraction of sp³-hybridized carbons (Fsp3) is 0.583. The molecule has 162 valence electrons. The molecule has 1 aromatic rings. The average Bonchev–Trinajstić information content (AvgIpc) is 3.10. The number of hydrogen-bond donors (Lipinski definition) is 3. The minimum atomic E-state index is -0.788. The second-order valence-electron chi connectivity index (χ2n) is 8.85. The Morgan fingerprint density at radius 2 is 2.07 bits per heavy atom. The van der Waals surface area contributed by atoms with Gasteiger partial charge in [0.1, 0.15) is 0 Å². The van der Waals surface area contributed by atoms with Gasteiger partial charge in [-0.3, -0.25) is 4.79 Å². The van der Waals surface area contributed by atoms with Crippen molar-refractivity contribution in [3.8, 4) is 6.07 Å². The number of rotatable bonds is 8. The summed E-state index contributed by atoms with van der Waals surface area (Å²) in [5.74, 6) is 0.305. The monoisotopic (exact) mass is 426 g/mol. The van der Waals surface area contributed by atoms with Crippen LogP contribution in [-0.2, 0) is 4.79 Å². The first kappa shape index (κ1) is 22.9. The SMILES string of the molecule is C[C@@](N)(C1=CC(c2cccc(C#N)c2)CS1)[C@H](CCNC1CCCCCC1)C(N)=O. The van der Waals surface area contributed by atoms with E-state index in [0.29, 0.717) is 18.0 Å². The fourth-order valence-corrected chi connectivity index (χ4v) is 6.01. The zero-order valence-corrected chi connectivity index (χ0v) is 18.7. The van der Waals surface area contributed by atoms with Gasteiger partial charge < -0.3 is 16.8 Å². The van der Waals surface area contributed by atoms with Gasteiger partial charge in [-0.05, 0) is 50.4 Å². The van der Waals surface area contributed by atoms with E-state index in [1.165, 1.54) is 38.5 Å². The summed E-state index contributed by atoms with van der Waals surface area (Å²) in [6.07, 6.45) is 10.4. The molecule has 1 fully saturated rings. The van der Waals surface area contributed by atoms with Crippen LogP contribution in [0.15, 0.2) is 35.2 Å². The van der Waals surface area contributed by atoms with Gasteiger partial charge in [-0.25, -0.2) is 0 Å². The normalized spacial score (nSPS) is 23.1. The maximum atomic E-state index is 12.3. The number of benzene rings is 1. The molecule has 3 atom stereocenters. The van der Waals surface area contributed by atoms with Gasteiger partial charge in [-0.2, -0.15) is 5.26 Å². The van der Waals surface area contributed by atoms with Gasteiger partial charge in [0.2, 0.25) is 5.91 Å². The third-order valence-corrected chi connectivity index (χ3v) is 7.95. The highest BCUT2D eigenvalue weighted by molar-refractivity contribution is 8.03. The largest absolute Gasteiger partial charge is 0.369 e. The lowest BCUT2D eigenvalue weighted by molar-refractivity contribution is -0.123. The predicted octanol–water partition coefficient (Wildman–Crippen LogP) is 3.79. The van der Waals surface area contributed by atoms with Crippen molar-refractivity contribution in [2.24, 2.45) is 17.4 Å². The predicted molar refractivity (Wildman–Crippen MR) is 124 cm³/mol. The van der Waals surface area contributed by atoms with Gasteiger partial charge in [0.15, 0.2) is 0 Å². The van der Waals surface area contributed by atoms with Gasteiger partial charge in [0, 0.05) is 22.6 Å². The van der Waals surface area contributed by atoms with Crippen LogP contribution in [0.4, 0.5) is 0 Å². The molecule has 1 aliphatic carbocycles. The molecule has 1 aliphatic heterocycles. The van der Waals surface area contributed by atoms with E-state index in [9.17, 15) is 4.79 Å². The Kier molecular flexibility index (Phi) is 7.99. The van der Waals surface area contributed by atoms with Crippen molar-refractivity contribution in [1.29, 1.82) is 5.26 Å². The Hall–Kier alpha value is -1.81. The number of allylic oxidation sites excluding steroid dienone is 1. The van der Waals surface area contributed by atoms with E-state index in [1.54, 1.807) is 11.8 Å². The summed E-state index contributed by atoms with van der Waals surface area (Å²) in [6.45, 7) is 2.69. The molecule has 1 amide bonds. The van der Waals surface area contributed by atoms with E-state index < -0.39 is 11.5 Å². The second kappa shape index (κ2) is 10.5. The van der Waals surface area contributed by atoms with E-state index in [4.69, 9.17) is 16.7 Å². The van der Waals surface area contributed by atoms with Crippen LogP contribution in [0, 0.1) is 17.2 Å². The number of nitrogens with one attached hydrogen (secondary N) is 1. The molecule has 0 saturated heterocycles. The van der Waals surface area contributed by atoms with Gasteiger partial charge in [0.25, 0.3) is 0 Å². The number of thioether (sulfide) groups is 1. The van der Waals surface area contributed by atoms with Crippen LogP contribution in [0.5, 0.6) is 0 Å². The van der Waals surface area contributed by atoms with Crippen molar-refractivity contribution in [3.05, 3.63) is 46.4 Å². The standard InChI is InChI=1S/C24H34N4OS/c1-24(27,21(23(26)29)11-12-28-20-9-4-2-3-5-10-20)22-14-19(16-30-22)18-8-6-7-17(13-18)15-25/h6-8,13-14,19-21,28H,2-5,9-12,16,27H2,1H3,(H2,26,29)/t19?,21-,24+/m1/s1. The quantitative estimate of drug-likeness (QED) is 0.549. The van der Waals surface area contributed by atoms with Crippen molar-refractivity contribution in [2.45, 2.75) is 69.4 Å². The van der Waals surface area contributed by atoms with E-state index in [2.05, 4.69) is 17.5 Å². The first-order chi connectivity index (χ1) is 14.4. The Morgan fingerprint density at radius 1 is 1.33 bits per heavy atom. The number of nitriles is 1. The highest BCUT2D eigenvalue weighted by atomic mass is 32.2. The summed E-state index contributed by atoms with van der Waals surface area (Å²) in [4.78, 5) is 13.3. The lowest BCUT2D eigenvalue weighted by Crippen LogP contribution is -2.51. The first-order valence-electron chi connectivity index (χ1n) is 11.1. The number of hydrogen-bond acceptors (Lipinski definition) is 5. The van der Waals surface area contributed by atoms with Gasteiger partial charge >= 0.3 is 0 Å². The number of nitrogens with zero attached hydrogens (tertiary/aromatic N) is 1. The van der Waals surface area contributed by atoms with Crippen LogP contribution in [0.25, 0.3) is 0 Å². The number of carbonyl (C=O) groups is 1. The van der Waals surface area contributed by atoms with E-state index in [0.717, 1.165) is 22.8 Å². The molecule has 0 aromatic heterocycles. The third kappa shape index (κ3) is 5.66.